The molecule has 29 heavy (non-hydrogen) atoms. The van der Waals surface area contributed by atoms with Crippen molar-refractivity contribution in [2.45, 2.75) is 0 Å². The maximum absolute atomic E-state index is 13.1. The number of benzene rings is 2. The molecule has 0 N–H and O–H groups in total. The molecule has 0 atom stereocenters. The number of imide groups is 1. The number of amides is 2. The molecule has 1 aliphatic rings. The van der Waals surface area contributed by atoms with Gasteiger partial charge in [-0.1, -0.05) is 6.07 Å². The molecular formula is C18H7F6NO4. The second-order valence-electron chi connectivity index (χ2n) is 5.39. The van der Waals surface area contributed by atoms with E-state index in [2.05, 4.69) is 9.47 Å². The van der Waals surface area contributed by atoms with Gasteiger partial charge in [-0.2, -0.15) is 26.3 Å². The molecule has 5 nitrogen and oxygen atoms in total. The monoisotopic (exact) mass is 415 g/mol. The molecule has 0 aromatic heterocycles. The van der Waals surface area contributed by atoms with Gasteiger partial charge in [0.2, 0.25) is 0 Å². The summed E-state index contributed by atoms with van der Waals surface area (Å²) >= 11 is 0. The summed E-state index contributed by atoms with van der Waals surface area (Å²) in [7, 11) is 0. The van der Waals surface area contributed by atoms with Gasteiger partial charge in [0.05, 0.1) is 16.8 Å². The van der Waals surface area contributed by atoms with Crippen LogP contribution in [0.1, 0.15) is 20.7 Å². The summed E-state index contributed by atoms with van der Waals surface area (Å²) in [4.78, 5) is 25.8. The highest BCUT2D eigenvalue weighted by atomic mass is 19.3. The number of nitrogens with zero attached hydrogens (tertiary/aromatic N) is 1. The van der Waals surface area contributed by atoms with Gasteiger partial charge in [-0.25, -0.2) is 4.90 Å². The molecule has 0 radical (unpaired) electrons. The topological polar surface area (TPSA) is 55.8 Å². The van der Waals surface area contributed by atoms with Crippen LogP contribution in [0, 0.1) is 0 Å². The Hall–Kier alpha value is -3.76. The average molecular weight is 415 g/mol. The Morgan fingerprint density at radius 1 is 0.724 bits per heavy atom. The number of rotatable bonds is 5. The molecule has 0 saturated heterocycles. The van der Waals surface area contributed by atoms with Crippen LogP contribution in [-0.2, 0) is 0 Å². The van der Waals surface area contributed by atoms with E-state index in [-0.39, 0.29) is 17.0 Å². The zero-order valence-corrected chi connectivity index (χ0v) is 13.9. The van der Waals surface area contributed by atoms with Crippen molar-refractivity contribution in [1.29, 1.82) is 0 Å². The van der Waals surface area contributed by atoms with Crippen molar-refractivity contribution in [1.82, 2.24) is 0 Å². The Labute approximate surface area is 158 Å². The highest BCUT2D eigenvalue weighted by Gasteiger charge is 2.39. The number of anilines is 1. The van der Waals surface area contributed by atoms with Gasteiger partial charge in [0.25, 0.3) is 11.8 Å². The number of halogens is 6. The predicted molar refractivity (Wildman–Crippen MR) is 86.0 cm³/mol. The Bertz CT molecular complexity index is 1060. The molecule has 0 saturated carbocycles. The van der Waals surface area contributed by atoms with Crippen LogP contribution in [0.3, 0.4) is 0 Å². The van der Waals surface area contributed by atoms with Gasteiger partial charge in [0.1, 0.15) is 11.5 Å². The van der Waals surface area contributed by atoms with Crippen molar-refractivity contribution in [3.63, 3.8) is 0 Å². The van der Waals surface area contributed by atoms with E-state index in [9.17, 15) is 35.9 Å². The van der Waals surface area contributed by atoms with Crippen LogP contribution in [-0.4, -0.2) is 11.8 Å². The number of hydrogen-bond donors (Lipinski definition) is 0. The van der Waals surface area contributed by atoms with Gasteiger partial charge < -0.3 is 9.47 Å². The third-order valence-corrected chi connectivity index (χ3v) is 3.68. The highest BCUT2D eigenvalue weighted by Crippen LogP contribution is 2.36. The molecule has 2 amide bonds. The lowest BCUT2D eigenvalue weighted by atomic mass is 10.1. The summed E-state index contributed by atoms with van der Waals surface area (Å²) in [6.45, 7) is 0. The van der Waals surface area contributed by atoms with E-state index in [1.165, 1.54) is 12.1 Å². The smallest absolute Gasteiger partial charge is 0.344 e. The fourth-order valence-electron chi connectivity index (χ4n) is 2.51. The first-order chi connectivity index (χ1) is 13.7. The molecule has 2 aromatic rings. The van der Waals surface area contributed by atoms with Crippen LogP contribution in [0.5, 0.6) is 11.5 Å². The van der Waals surface area contributed by atoms with E-state index in [1.807, 2.05) is 0 Å². The lowest BCUT2D eigenvalue weighted by molar-refractivity contribution is 0.0925. The van der Waals surface area contributed by atoms with Crippen LogP contribution in [0.2, 0.25) is 0 Å². The first-order valence-electron chi connectivity index (χ1n) is 7.59. The third kappa shape index (κ3) is 3.79. The van der Waals surface area contributed by atoms with Crippen molar-refractivity contribution < 1.29 is 45.4 Å². The zero-order chi connectivity index (χ0) is 21.3. The molecule has 150 valence electrons. The number of carbonyl (C=O) groups is 2. The number of ether oxygens (including phenoxy) is 2. The standard InChI is InChI=1S/C18H7F6NO4/c19-13(20)15(23)28-9-6-4-8(5-7-9)25-17(26)10-2-1-3-11(12(10)18(25)27)29-16(24)14(21)22/h1-7H. The summed E-state index contributed by atoms with van der Waals surface area (Å²) in [5.74, 6) is -2.80. The summed E-state index contributed by atoms with van der Waals surface area (Å²) in [6, 6.07) is 3.31. The number of hydrogen-bond acceptors (Lipinski definition) is 4. The number of fused-ring (bicyclic) bond motifs is 1. The molecule has 0 bridgehead atoms. The van der Waals surface area contributed by atoms with E-state index >= 15 is 0 Å². The lowest BCUT2D eigenvalue weighted by Gasteiger charge is -2.14. The molecule has 0 unspecified atom stereocenters. The Balaban J connectivity index is 1.93. The van der Waals surface area contributed by atoms with Crippen molar-refractivity contribution in [2.24, 2.45) is 0 Å². The van der Waals surface area contributed by atoms with Crippen molar-refractivity contribution >= 4 is 17.5 Å². The second-order valence-corrected chi connectivity index (χ2v) is 5.39. The van der Waals surface area contributed by atoms with Crippen molar-refractivity contribution in [3.05, 3.63) is 77.8 Å². The Morgan fingerprint density at radius 3 is 1.90 bits per heavy atom. The molecule has 1 aliphatic heterocycles. The average Bonchev–Trinajstić information content (AvgIpc) is 2.93. The summed E-state index contributed by atoms with van der Waals surface area (Å²) in [6.07, 6.45) is -5.43. The quantitative estimate of drug-likeness (QED) is 0.377. The molecule has 2 aromatic carbocycles. The van der Waals surface area contributed by atoms with E-state index in [1.54, 1.807) is 0 Å². The second kappa shape index (κ2) is 7.70. The van der Waals surface area contributed by atoms with E-state index in [4.69, 9.17) is 0 Å². The van der Waals surface area contributed by atoms with Crippen molar-refractivity contribution in [3.8, 4) is 11.5 Å². The van der Waals surface area contributed by atoms with Gasteiger partial charge in [0, 0.05) is 0 Å². The molecule has 0 aliphatic carbocycles. The van der Waals surface area contributed by atoms with Gasteiger partial charge in [-0.15, -0.1) is 0 Å². The molecule has 1 heterocycles. The third-order valence-electron chi connectivity index (χ3n) is 3.68. The van der Waals surface area contributed by atoms with E-state index in [0.717, 1.165) is 30.3 Å². The summed E-state index contributed by atoms with van der Waals surface area (Å²) in [5.41, 5.74) is -0.733. The molecular weight excluding hydrogens is 408 g/mol. The zero-order valence-electron chi connectivity index (χ0n) is 13.9. The summed E-state index contributed by atoms with van der Waals surface area (Å²) in [5, 5.41) is 0. The molecule has 0 spiro atoms. The molecule has 11 heteroatoms. The minimum atomic E-state index is -2.75. The Kier molecular flexibility index (Phi) is 5.31. The van der Waals surface area contributed by atoms with E-state index < -0.39 is 47.3 Å². The van der Waals surface area contributed by atoms with Gasteiger partial charge in [0.15, 0.2) is 0 Å². The Morgan fingerprint density at radius 2 is 1.31 bits per heavy atom. The van der Waals surface area contributed by atoms with Crippen LogP contribution in [0.4, 0.5) is 32.0 Å². The SMILES string of the molecule is O=C1c2cccc(OC(F)=C(F)F)c2C(=O)N1c1ccc(OC(F)=C(F)F)cc1. The maximum atomic E-state index is 13.1. The first-order valence-corrected chi connectivity index (χ1v) is 7.59. The van der Waals surface area contributed by atoms with Crippen molar-refractivity contribution in [2.75, 3.05) is 4.90 Å². The fourth-order valence-corrected chi connectivity index (χ4v) is 2.51. The molecule has 3 rings (SSSR count). The van der Waals surface area contributed by atoms with Crippen LogP contribution in [0.25, 0.3) is 0 Å². The van der Waals surface area contributed by atoms with Gasteiger partial charge >= 0.3 is 24.2 Å². The lowest BCUT2D eigenvalue weighted by Crippen LogP contribution is -2.29. The minimum Gasteiger partial charge on any atom is -0.428 e. The number of carbonyl (C=O) groups excluding carboxylic acids is 2. The molecule has 0 fully saturated rings. The van der Waals surface area contributed by atoms with Crippen LogP contribution >= 0.6 is 0 Å². The van der Waals surface area contributed by atoms with Gasteiger partial charge in [-0.05, 0) is 36.4 Å². The largest absolute Gasteiger partial charge is 0.428 e. The van der Waals surface area contributed by atoms with E-state index in [0.29, 0.717) is 4.90 Å². The predicted octanol–water partition coefficient (Wildman–Crippen LogP) is 5.32. The first kappa shape index (κ1) is 20.0. The van der Waals surface area contributed by atoms with Crippen LogP contribution < -0.4 is 14.4 Å². The summed E-state index contributed by atoms with van der Waals surface area (Å²) < 4.78 is 83.2. The maximum Gasteiger partial charge on any atom is 0.344 e. The van der Waals surface area contributed by atoms with Gasteiger partial charge in [-0.3, -0.25) is 9.59 Å². The fraction of sp³-hybridized carbons (Fsp3) is 0. The normalized spacial score (nSPS) is 12.6. The highest BCUT2D eigenvalue weighted by molar-refractivity contribution is 6.35. The van der Waals surface area contributed by atoms with Crippen LogP contribution in [0.15, 0.2) is 66.7 Å². The minimum absolute atomic E-state index is 0.0627.